The van der Waals surface area contributed by atoms with Crippen LogP contribution in [-0.4, -0.2) is 4.98 Å². The molecule has 0 amide bonds. The number of oxazole rings is 1. The van der Waals surface area contributed by atoms with Crippen molar-refractivity contribution in [3.8, 4) is 0 Å². The van der Waals surface area contributed by atoms with E-state index < -0.39 is 0 Å². The lowest BCUT2D eigenvalue weighted by Gasteiger charge is -2.07. The van der Waals surface area contributed by atoms with Gasteiger partial charge < -0.3 is 10.2 Å². The fourth-order valence-electron chi connectivity index (χ4n) is 2.30. The Bertz CT molecular complexity index is 703. The molecule has 0 fully saturated rings. The highest BCUT2D eigenvalue weighted by molar-refractivity contribution is 5.73. The molecule has 0 radical (unpaired) electrons. The molecule has 1 unspecified atom stereocenters. The molecule has 1 atom stereocenters. The predicted molar refractivity (Wildman–Crippen MR) is 80.4 cm³/mol. The van der Waals surface area contributed by atoms with Gasteiger partial charge in [0.15, 0.2) is 5.58 Å². The van der Waals surface area contributed by atoms with Gasteiger partial charge in [-0.25, -0.2) is 4.98 Å². The summed E-state index contributed by atoms with van der Waals surface area (Å²) in [4.78, 5) is 4.47. The van der Waals surface area contributed by atoms with Gasteiger partial charge in [-0.2, -0.15) is 0 Å². The molecular formula is C17H18N2O. The number of nitrogens with two attached hydrogens (primary N) is 1. The van der Waals surface area contributed by atoms with Crippen LogP contribution < -0.4 is 5.73 Å². The molecule has 2 aromatic carbocycles. The molecule has 0 aliphatic rings. The van der Waals surface area contributed by atoms with Crippen LogP contribution in [0.5, 0.6) is 0 Å². The van der Waals surface area contributed by atoms with E-state index in [9.17, 15) is 0 Å². The summed E-state index contributed by atoms with van der Waals surface area (Å²) in [6.07, 6.45) is 1.76. The van der Waals surface area contributed by atoms with Crippen molar-refractivity contribution in [2.45, 2.75) is 25.8 Å². The van der Waals surface area contributed by atoms with E-state index in [0.29, 0.717) is 5.89 Å². The Morgan fingerprint density at radius 3 is 2.75 bits per heavy atom. The van der Waals surface area contributed by atoms with Gasteiger partial charge in [0.05, 0.1) is 6.04 Å². The van der Waals surface area contributed by atoms with Crippen LogP contribution in [0.2, 0.25) is 0 Å². The summed E-state index contributed by atoms with van der Waals surface area (Å²) in [6.45, 7) is 2.04. The van der Waals surface area contributed by atoms with E-state index in [1.165, 1.54) is 5.56 Å². The third-order valence-electron chi connectivity index (χ3n) is 3.46. The van der Waals surface area contributed by atoms with E-state index >= 15 is 0 Å². The number of benzene rings is 2. The van der Waals surface area contributed by atoms with Crippen LogP contribution in [0.25, 0.3) is 11.1 Å². The van der Waals surface area contributed by atoms with Gasteiger partial charge in [-0.05, 0) is 43.0 Å². The first-order valence-corrected chi connectivity index (χ1v) is 6.89. The van der Waals surface area contributed by atoms with Gasteiger partial charge >= 0.3 is 0 Å². The van der Waals surface area contributed by atoms with E-state index in [1.807, 2.05) is 43.3 Å². The SMILES string of the molecule is Cc1ccc2nc(C(N)CCc3ccccc3)oc2c1. The maximum absolute atomic E-state index is 6.19. The Kier molecular flexibility index (Phi) is 3.52. The van der Waals surface area contributed by atoms with E-state index in [1.54, 1.807) is 0 Å². The largest absolute Gasteiger partial charge is 0.439 e. The van der Waals surface area contributed by atoms with Crippen LogP contribution in [0.3, 0.4) is 0 Å². The smallest absolute Gasteiger partial charge is 0.212 e. The van der Waals surface area contributed by atoms with Crippen molar-refractivity contribution >= 4 is 11.1 Å². The number of rotatable bonds is 4. The quantitative estimate of drug-likeness (QED) is 0.782. The van der Waals surface area contributed by atoms with E-state index in [0.717, 1.165) is 29.5 Å². The van der Waals surface area contributed by atoms with Gasteiger partial charge in [0.25, 0.3) is 0 Å². The molecule has 0 spiro atoms. The highest BCUT2D eigenvalue weighted by atomic mass is 16.3. The fraction of sp³-hybridized carbons (Fsp3) is 0.235. The first-order valence-electron chi connectivity index (χ1n) is 6.89. The molecule has 0 aliphatic carbocycles. The minimum Gasteiger partial charge on any atom is -0.439 e. The molecule has 0 aliphatic heterocycles. The van der Waals surface area contributed by atoms with Gasteiger partial charge in [-0.1, -0.05) is 36.4 Å². The summed E-state index contributed by atoms with van der Waals surface area (Å²) in [6, 6.07) is 16.2. The zero-order chi connectivity index (χ0) is 13.9. The summed E-state index contributed by atoms with van der Waals surface area (Å²) in [5, 5.41) is 0. The Balaban J connectivity index is 1.73. The summed E-state index contributed by atoms with van der Waals surface area (Å²) >= 11 is 0. The molecule has 2 N–H and O–H groups in total. The molecule has 20 heavy (non-hydrogen) atoms. The van der Waals surface area contributed by atoms with E-state index in [4.69, 9.17) is 10.2 Å². The van der Waals surface area contributed by atoms with Crippen LogP contribution in [0.4, 0.5) is 0 Å². The minimum atomic E-state index is -0.164. The Morgan fingerprint density at radius 2 is 1.95 bits per heavy atom. The highest BCUT2D eigenvalue weighted by Gasteiger charge is 2.14. The van der Waals surface area contributed by atoms with E-state index in [2.05, 4.69) is 17.1 Å². The Hall–Kier alpha value is -2.13. The second-order valence-electron chi connectivity index (χ2n) is 5.15. The molecule has 1 heterocycles. The summed E-state index contributed by atoms with van der Waals surface area (Å²) in [7, 11) is 0. The highest BCUT2D eigenvalue weighted by Crippen LogP contribution is 2.22. The van der Waals surface area contributed by atoms with Crippen molar-refractivity contribution in [2.24, 2.45) is 5.73 Å². The number of fused-ring (bicyclic) bond motifs is 1. The van der Waals surface area contributed by atoms with Crippen molar-refractivity contribution in [2.75, 3.05) is 0 Å². The monoisotopic (exact) mass is 266 g/mol. The Morgan fingerprint density at radius 1 is 1.15 bits per heavy atom. The standard InChI is InChI=1S/C17H18N2O/c1-12-7-10-15-16(11-12)20-17(19-15)14(18)9-8-13-5-3-2-4-6-13/h2-7,10-11,14H,8-9,18H2,1H3. The lowest BCUT2D eigenvalue weighted by Crippen LogP contribution is -2.11. The minimum absolute atomic E-state index is 0.164. The average Bonchev–Trinajstić information content (AvgIpc) is 2.89. The number of hydrogen-bond acceptors (Lipinski definition) is 3. The number of aryl methyl sites for hydroxylation is 2. The average molecular weight is 266 g/mol. The summed E-state index contributed by atoms with van der Waals surface area (Å²) in [5.74, 6) is 0.626. The first-order chi connectivity index (χ1) is 9.72. The van der Waals surface area contributed by atoms with Crippen molar-refractivity contribution in [1.29, 1.82) is 0 Å². The van der Waals surface area contributed by atoms with Crippen LogP contribution in [0, 0.1) is 6.92 Å². The van der Waals surface area contributed by atoms with Gasteiger partial charge in [-0.3, -0.25) is 0 Å². The summed E-state index contributed by atoms with van der Waals surface area (Å²) in [5.41, 5.74) is 10.3. The van der Waals surface area contributed by atoms with Crippen molar-refractivity contribution in [3.05, 3.63) is 65.5 Å². The van der Waals surface area contributed by atoms with Gasteiger partial charge in [0.2, 0.25) is 5.89 Å². The van der Waals surface area contributed by atoms with Crippen molar-refractivity contribution in [1.82, 2.24) is 4.98 Å². The second-order valence-corrected chi connectivity index (χ2v) is 5.15. The lowest BCUT2D eigenvalue weighted by atomic mass is 10.1. The maximum Gasteiger partial charge on any atom is 0.212 e. The third-order valence-corrected chi connectivity index (χ3v) is 3.46. The maximum atomic E-state index is 6.19. The molecular weight excluding hydrogens is 248 g/mol. The first kappa shape index (κ1) is 12.9. The molecule has 3 rings (SSSR count). The molecule has 0 bridgehead atoms. The molecule has 0 saturated heterocycles. The van der Waals surface area contributed by atoms with Crippen LogP contribution in [-0.2, 0) is 6.42 Å². The normalized spacial score (nSPS) is 12.7. The van der Waals surface area contributed by atoms with Gasteiger partial charge in [0, 0.05) is 0 Å². The molecule has 0 saturated carbocycles. The topological polar surface area (TPSA) is 52.0 Å². The molecule has 1 aromatic heterocycles. The Labute approximate surface area is 118 Å². The number of hydrogen-bond donors (Lipinski definition) is 1. The fourth-order valence-corrected chi connectivity index (χ4v) is 2.30. The molecule has 3 aromatic rings. The molecule has 3 nitrogen and oxygen atoms in total. The summed E-state index contributed by atoms with van der Waals surface area (Å²) < 4.78 is 5.76. The lowest BCUT2D eigenvalue weighted by molar-refractivity contribution is 0.459. The zero-order valence-electron chi connectivity index (χ0n) is 11.5. The predicted octanol–water partition coefficient (Wildman–Crippen LogP) is 3.77. The number of aromatic nitrogens is 1. The molecule has 3 heteroatoms. The van der Waals surface area contributed by atoms with Crippen molar-refractivity contribution in [3.63, 3.8) is 0 Å². The van der Waals surface area contributed by atoms with Gasteiger partial charge in [-0.15, -0.1) is 0 Å². The second kappa shape index (κ2) is 5.47. The third kappa shape index (κ3) is 2.73. The van der Waals surface area contributed by atoms with Crippen molar-refractivity contribution < 1.29 is 4.42 Å². The van der Waals surface area contributed by atoms with Crippen LogP contribution in [0.1, 0.15) is 29.5 Å². The zero-order valence-corrected chi connectivity index (χ0v) is 11.5. The molecule has 102 valence electrons. The van der Waals surface area contributed by atoms with E-state index in [-0.39, 0.29) is 6.04 Å². The van der Waals surface area contributed by atoms with Crippen LogP contribution >= 0.6 is 0 Å². The van der Waals surface area contributed by atoms with Gasteiger partial charge in [0.1, 0.15) is 5.52 Å². The van der Waals surface area contributed by atoms with Crippen LogP contribution in [0.15, 0.2) is 52.9 Å². The number of nitrogens with zero attached hydrogens (tertiary/aromatic N) is 1.